The minimum absolute atomic E-state index is 0.0487. The van der Waals surface area contributed by atoms with E-state index in [1.165, 1.54) is 19.5 Å². The summed E-state index contributed by atoms with van der Waals surface area (Å²) in [5, 5.41) is 5.83. The Bertz CT molecular complexity index is 1360. The summed E-state index contributed by atoms with van der Waals surface area (Å²) in [5.41, 5.74) is 2.37. The molecule has 9 nitrogen and oxygen atoms in total. The zero-order chi connectivity index (χ0) is 22.7. The third kappa shape index (κ3) is 4.58. The Labute approximate surface area is 183 Å². The highest BCUT2D eigenvalue weighted by atomic mass is 32.2. The van der Waals surface area contributed by atoms with Crippen molar-refractivity contribution in [2.24, 2.45) is 0 Å². The lowest BCUT2D eigenvalue weighted by Crippen LogP contribution is -2.19. The Morgan fingerprint density at radius 3 is 2.59 bits per heavy atom. The van der Waals surface area contributed by atoms with E-state index in [-0.39, 0.29) is 16.7 Å². The molecular formula is C21H19FN6O3S. The molecule has 4 aromatic rings. The molecule has 0 aliphatic rings. The average molecular weight is 454 g/mol. The molecule has 4 rings (SSSR count). The topological polar surface area (TPSA) is 122 Å². The fraction of sp³-hybridized carbons (Fsp3) is 0.0952. The summed E-state index contributed by atoms with van der Waals surface area (Å²) >= 11 is 0. The maximum atomic E-state index is 14.4. The smallest absolute Gasteiger partial charge is 0.240 e. The molecule has 32 heavy (non-hydrogen) atoms. The highest BCUT2D eigenvalue weighted by molar-refractivity contribution is 7.89. The van der Waals surface area contributed by atoms with Gasteiger partial charge in [0.15, 0.2) is 23.8 Å². The van der Waals surface area contributed by atoms with Crippen molar-refractivity contribution in [3.63, 3.8) is 0 Å². The van der Waals surface area contributed by atoms with Crippen LogP contribution in [0.4, 0.5) is 27.5 Å². The van der Waals surface area contributed by atoms with E-state index in [4.69, 9.17) is 4.42 Å². The SMILES string of the molecule is CNS(=O)(=O)c1cc(Nc2ncc(F)c(Nc3cccc(-c4cnco4)c3)n2)ccc1C. The number of anilines is 4. The normalized spacial score (nSPS) is 11.3. The molecule has 0 fully saturated rings. The molecule has 0 atom stereocenters. The first kappa shape index (κ1) is 21.4. The minimum Gasteiger partial charge on any atom is -0.444 e. The van der Waals surface area contributed by atoms with Gasteiger partial charge in [-0.15, -0.1) is 0 Å². The first-order valence-corrected chi connectivity index (χ1v) is 10.9. The number of oxazole rings is 1. The molecular weight excluding hydrogens is 435 g/mol. The maximum absolute atomic E-state index is 14.4. The number of sulfonamides is 1. The van der Waals surface area contributed by atoms with Crippen molar-refractivity contribution in [2.75, 3.05) is 17.7 Å². The lowest BCUT2D eigenvalue weighted by atomic mass is 10.1. The molecule has 2 aromatic heterocycles. The van der Waals surface area contributed by atoms with Gasteiger partial charge in [-0.25, -0.2) is 27.5 Å². The summed E-state index contributed by atoms with van der Waals surface area (Å²) in [7, 11) is -2.30. The molecule has 11 heteroatoms. The number of hydrogen-bond donors (Lipinski definition) is 3. The van der Waals surface area contributed by atoms with Gasteiger partial charge in [0.25, 0.3) is 0 Å². The van der Waals surface area contributed by atoms with Gasteiger partial charge < -0.3 is 15.1 Å². The molecule has 0 radical (unpaired) electrons. The third-order valence-electron chi connectivity index (χ3n) is 4.59. The van der Waals surface area contributed by atoms with Gasteiger partial charge in [0, 0.05) is 16.9 Å². The molecule has 0 aliphatic carbocycles. The van der Waals surface area contributed by atoms with Crippen LogP contribution in [-0.4, -0.2) is 30.4 Å². The third-order valence-corrected chi connectivity index (χ3v) is 6.15. The van der Waals surface area contributed by atoms with E-state index < -0.39 is 15.8 Å². The van der Waals surface area contributed by atoms with Gasteiger partial charge in [0.05, 0.1) is 17.3 Å². The van der Waals surface area contributed by atoms with Gasteiger partial charge in [-0.2, -0.15) is 4.98 Å². The Morgan fingerprint density at radius 2 is 1.84 bits per heavy atom. The van der Waals surface area contributed by atoms with E-state index in [0.717, 1.165) is 11.8 Å². The van der Waals surface area contributed by atoms with Crippen LogP contribution < -0.4 is 15.4 Å². The quantitative estimate of drug-likeness (QED) is 0.383. The monoisotopic (exact) mass is 454 g/mol. The van der Waals surface area contributed by atoms with Crippen LogP contribution in [0.3, 0.4) is 0 Å². The van der Waals surface area contributed by atoms with Crippen molar-refractivity contribution >= 4 is 33.2 Å². The van der Waals surface area contributed by atoms with Crippen molar-refractivity contribution in [2.45, 2.75) is 11.8 Å². The number of aryl methyl sites for hydroxylation is 1. The van der Waals surface area contributed by atoms with Crippen LogP contribution >= 0.6 is 0 Å². The summed E-state index contributed by atoms with van der Waals surface area (Å²) in [6, 6.07) is 11.9. The number of halogens is 1. The van der Waals surface area contributed by atoms with Crippen molar-refractivity contribution < 1.29 is 17.2 Å². The van der Waals surface area contributed by atoms with Gasteiger partial charge in [0.1, 0.15) is 0 Å². The van der Waals surface area contributed by atoms with E-state index in [9.17, 15) is 12.8 Å². The second-order valence-electron chi connectivity index (χ2n) is 6.77. The second-order valence-corrected chi connectivity index (χ2v) is 8.63. The van der Waals surface area contributed by atoms with Gasteiger partial charge in [-0.3, -0.25) is 0 Å². The molecule has 0 aliphatic heterocycles. The fourth-order valence-electron chi connectivity index (χ4n) is 2.97. The highest BCUT2D eigenvalue weighted by Gasteiger charge is 2.16. The van der Waals surface area contributed by atoms with Crippen LogP contribution in [0.15, 0.2) is 70.6 Å². The average Bonchev–Trinajstić information content (AvgIpc) is 3.32. The molecule has 0 saturated heterocycles. The molecule has 2 aromatic carbocycles. The number of nitrogens with one attached hydrogen (secondary N) is 3. The zero-order valence-electron chi connectivity index (χ0n) is 17.1. The van der Waals surface area contributed by atoms with E-state index in [1.54, 1.807) is 43.5 Å². The first-order chi connectivity index (χ1) is 15.4. The number of rotatable bonds is 7. The number of nitrogens with zero attached hydrogens (tertiary/aromatic N) is 3. The van der Waals surface area contributed by atoms with Crippen LogP contribution in [0.25, 0.3) is 11.3 Å². The predicted molar refractivity (Wildman–Crippen MR) is 118 cm³/mol. The summed E-state index contributed by atoms with van der Waals surface area (Å²) in [6.07, 6.45) is 3.93. The van der Waals surface area contributed by atoms with Gasteiger partial charge in [-0.05, 0) is 43.8 Å². The Kier molecular flexibility index (Phi) is 5.84. The van der Waals surface area contributed by atoms with E-state index in [0.29, 0.717) is 22.7 Å². The van der Waals surface area contributed by atoms with Gasteiger partial charge in [0.2, 0.25) is 16.0 Å². The van der Waals surface area contributed by atoms with Crippen molar-refractivity contribution in [3.05, 3.63) is 72.6 Å². The summed E-state index contributed by atoms with van der Waals surface area (Å²) < 4.78 is 46.3. The van der Waals surface area contributed by atoms with E-state index in [2.05, 4.69) is 30.3 Å². The molecule has 0 bridgehead atoms. The molecule has 2 heterocycles. The fourth-order valence-corrected chi connectivity index (χ4v) is 3.96. The maximum Gasteiger partial charge on any atom is 0.240 e. The molecule has 0 saturated carbocycles. The Hall–Kier alpha value is -3.83. The van der Waals surface area contributed by atoms with Crippen molar-refractivity contribution in [1.29, 1.82) is 0 Å². The number of benzene rings is 2. The lowest BCUT2D eigenvalue weighted by Gasteiger charge is -2.12. The number of hydrogen-bond acceptors (Lipinski definition) is 8. The summed E-state index contributed by atoms with van der Waals surface area (Å²) in [4.78, 5) is 12.1. The summed E-state index contributed by atoms with van der Waals surface area (Å²) in [6.45, 7) is 1.69. The molecule has 0 unspecified atom stereocenters. The number of aromatic nitrogens is 3. The molecule has 3 N–H and O–H groups in total. The van der Waals surface area contributed by atoms with Crippen LogP contribution in [0.1, 0.15) is 5.56 Å². The van der Waals surface area contributed by atoms with Gasteiger partial charge >= 0.3 is 0 Å². The van der Waals surface area contributed by atoms with Crippen LogP contribution in [0.5, 0.6) is 0 Å². The van der Waals surface area contributed by atoms with Crippen LogP contribution in [0, 0.1) is 12.7 Å². The first-order valence-electron chi connectivity index (χ1n) is 9.45. The predicted octanol–water partition coefficient (Wildman–Crippen LogP) is 3.97. The second kappa shape index (κ2) is 8.73. The highest BCUT2D eigenvalue weighted by Crippen LogP contribution is 2.26. The lowest BCUT2D eigenvalue weighted by molar-refractivity contribution is 0.572. The van der Waals surface area contributed by atoms with Crippen LogP contribution in [0.2, 0.25) is 0 Å². The van der Waals surface area contributed by atoms with E-state index >= 15 is 0 Å². The molecule has 164 valence electrons. The van der Waals surface area contributed by atoms with Gasteiger partial charge in [-0.1, -0.05) is 18.2 Å². The molecule has 0 spiro atoms. The van der Waals surface area contributed by atoms with Crippen molar-refractivity contribution in [1.82, 2.24) is 19.7 Å². The van der Waals surface area contributed by atoms with E-state index in [1.807, 2.05) is 6.07 Å². The summed E-state index contributed by atoms with van der Waals surface area (Å²) in [5.74, 6) is -0.0295. The van der Waals surface area contributed by atoms with Crippen molar-refractivity contribution in [3.8, 4) is 11.3 Å². The minimum atomic E-state index is -3.64. The molecule has 0 amide bonds. The Morgan fingerprint density at radius 1 is 1.03 bits per heavy atom. The largest absolute Gasteiger partial charge is 0.444 e. The van der Waals surface area contributed by atoms with Crippen LogP contribution in [-0.2, 0) is 10.0 Å². The standard InChI is InChI=1S/C21H19FN6O3S/c1-13-6-7-16(9-19(13)32(29,30)23-2)27-21-25-10-17(22)20(28-21)26-15-5-3-4-14(8-15)18-11-24-12-31-18/h3-12,23H,1-2H3,(H2,25,26,27,28). The Balaban J connectivity index is 1.59. The zero-order valence-corrected chi connectivity index (χ0v) is 17.9.